The number of piperidine rings is 1. The second-order valence-electron chi connectivity index (χ2n) is 6.38. The molecule has 1 unspecified atom stereocenters. The number of methoxy groups -OCH3 is 1. The Hall–Kier alpha value is -1.40. The molecule has 0 N–H and O–H groups in total. The van der Waals surface area contributed by atoms with E-state index in [-0.39, 0.29) is 11.9 Å². The second-order valence-corrected chi connectivity index (χ2v) is 7.30. The quantitative estimate of drug-likeness (QED) is 0.811. The van der Waals surface area contributed by atoms with E-state index in [4.69, 9.17) is 9.26 Å². The van der Waals surface area contributed by atoms with Gasteiger partial charge in [-0.05, 0) is 49.7 Å². The number of rotatable bonds is 4. The number of esters is 1. The molecule has 0 radical (unpaired) electrons. The van der Waals surface area contributed by atoms with Gasteiger partial charge >= 0.3 is 5.97 Å². The molecule has 1 aliphatic carbocycles. The van der Waals surface area contributed by atoms with Gasteiger partial charge in [0.15, 0.2) is 5.58 Å². The van der Waals surface area contributed by atoms with Gasteiger partial charge in [0.2, 0.25) is 0 Å². The third kappa shape index (κ3) is 2.54. The van der Waals surface area contributed by atoms with Crippen LogP contribution in [0.1, 0.15) is 30.9 Å². The molecule has 0 spiro atoms. The summed E-state index contributed by atoms with van der Waals surface area (Å²) in [4.78, 5) is 14.0. The summed E-state index contributed by atoms with van der Waals surface area (Å²) in [6.07, 6.45) is 3.23. The molecule has 0 aromatic carbocycles. The van der Waals surface area contributed by atoms with E-state index in [1.807, 2.05) is 6.07 Å². The van der Waals surface area contributed by atoms with Crippen molar-refractivity contribution in [3.05, 3.63) is 17.1 Å². The monoisotopic (exact) mass is 320 g/mol. The van der Waals surface area contributed by atoms with Gasteiger partial charge in [0.25, 0.3) is 0 Å². The van der Waals surface area contributed by atoms with Gasteiger partial charge in [-0.3, -0.25) is 4.79 Å². The maximum atomic E-state index is 11.5. The normalized spacial score (nSPS) is 26.4. The molecule has 2 aromatic heterocycles. The summed E-state index contributed by atoms with van der Waals surface area (Å²) in [5, 5.41) is 6.34. The molecule has 2 aromatic rings. The molecule has 118 valence electrons. The third-order valence-electron chi connectivity index (χ3n) is 5.00. The van der Waals surface area contributed by atoms with Gasteiger partial charge in [-0.15, -0.1) is 11.3 Å². The lowest BCUT2D eigenvalue weighted by Gasteiger charge is -2.31. The zero-order chi connectivity index (χ0) is 15.1. The number of ether oxygens (including phenoxy) is 1. The number of hydrogen-bond donors (Lipinski definition) is 0. The van der Waals surface area contributed by atoms with Crippen LogP contribution in [0.5, 0.6) is 0 Å². The van der Waals surface area contributed by atoms with E-state index in [0.717, 1.165) is 50.2 Å². The first-order chi connectivity index (χ1) is 10.8. The van der Waals surface area contributed by atoms with Gasteiger partial charge in [0.1, 0.15) is 5.69 Å². The summed E-state index contributed by atoms with van der Waals surface area (Å²) >= 11 is 1.72. The molecular formula is C16H20N2O3S. The van der Waals surface area contributed by atoms with E-state index in [2.05, 4.69) is 15.4 Å². The minimum atomic E-state index is -0.0393. The van der Waals surface area contributed by atoms with Crippen LogP contribution in [-0.4, -0.2) is 42.8 Å². The van der Waals surface area contributed by atoms with Crippen molar-refractivity contribution in [3.8, 4) is 0 Å². The number of hydrogen-bond acceptors (Lipinski definition) is 6. The van der Waals surface area contributed by atoms with E-state index < -0.39 is 0 Å². The molecule has 4 rings (SSSR count). The topological polar surface area (TPSA) is 55.6 Å². The highest BCUT2D eigenvalue weighted by molar-refractivity contribution is 7.17. The van der Waals surface area contributed by atoms with Crippen molar-refractivity contribution in [2.24, 2.45) is 11.8 Å². The molecule has 6 heteroatoms. The summed E-state index contributed by atoms with van der Waals surface area (Å²) in [6.45, 7) is 3.18. The Bertz CT molecular complexity index is 672. The van der Waals surface area contributed by atoms with Crippen molar-refractivity contribution < 1.29 is 14.1 Å². The molecule has 2 aliphatic rings. The zero-order valence-electron chi connectivity index (χ0n) is 12.7. The lowest BCUT2D eigenvalue weighted by atomic mass is 9.93. The fourth-order valence-corrected chi connectivity index (χ4v) is 4.44. The Kier molecular flexibility index (Phi) is 3.66. The van der Waals surface area contributed by atoms with Gasteiger partial charge in [-0.1, -0.05) is 5.16 Å². The van der Waals surface area contributed by atoms with Crippen molar-refractivity contribution >= 4 is 27.6 Å². The fourth-order valence-electron chi connectivity index (χ4n) is 3.57. The Balaban J connectivity index is 1.32. The third-order valence-corrected chi connectivity index (χ3v) is 5.92. The second kappa shape index (κ2) is 5.66. The van der Waals surface area contributed by atoms with Crippen molar-refractivity contribution in [3.63, 3.8) is 0 Å². The summed E-state index contributed by atoms with van der Waals surface area (Å²) in [5.74, 6) is 1.11. The molecule has 0 bridgehead atoms. The maximum Gasteiger partial charge on any atom is 0.308 e. The minimum Gasteiger partial charge on any atom is -0.469 e. The van der Waals surface area contributed by atoms with E-state index in [9.17, 15) is 4.79 Å². The van der Waals surface area contributed by atoms with Gasteiger partial charge < -0.3 is 14.2 Å². The maximum absolute atomic E-state index is 11.5. The van der Waals surface area contributed by atoms with Crippen LogP contribution in [0.2, 0.25) is 0 Å². The first kappa shape index (κ1) is 14.2. The van der Waals surface area contributed by atoms with Crippen LogP contribution in [0.4, 0.5) is 0 Å². The number of aromatic nitrogens is 1. The van der Waals surface area contributed by atoms with Gasteiger partial charge in [-0.25, -0.2) is 0 Å². The smallest absolute Gasteiger partial charge is 0.308 e. The van der Waals surface area contributed by atoms with Crippen LogP contribution >= 0.6 is 11.3 Å². The molecule has 1 saturated heterocycles. The molecule has 0 amide bonds. The van der Waals surface area contributed by atoms with E-state index >= 15 is 0 Å². The number of carbonyl (C=O) groups excluding carboxylic acids is 1. The molecule has 3 heterocycles. The summed E-state index contributed by atoms with van der Waals surface area (Å²) in [5.41, 5.74) is 2.06. The van der Waals surface area contributed by atoms with Crippen LogP contribution < -0.4 is 0 Å². The molecule has 2 fully saturated rings. The Labute approximate surface area is 133 Å². The largest absolute Gasteiger partial charge is 0.469 e. The summed E-state index contributed by atoms with van der Waals surface area (Å²) in [7, 11) is 1.48. The van der Waals surface area contributed by atoms with Crippen LogP contribution in [0.15, 0.2) is 16.0 Å². The number of fused-ring (bicyclic) bond motifs is 1. The van der Waals surface area contributed by atoms with Gasteiger partial charge in [0.05, 0.1) is 17.7 Å². The minimum absolute atomic E-state index is 0.0393. The Morgan fingerprint density at radius 2 is 2.32 bits per heavy atom. The Morgan fingerprint density at radius 1 is 1.50 bits per heavy atom. The first-order valence-electron chi connectivity index (χ1n) is 7.89. The van der Waals surface area contributed by atoms with Crippen molar-refractivity contribution in [2.75, 3.05) is 26.7 Å². The molecule has 2 atom stereocenters. The lowest BCUT2D eigenvalue weighted by molar-refractivity contribution is -0.142. The zero-order valence-corrected chi connectivity index (χ0v) is 13.5. The van der Waals surface area contributed by atoms with E-state index in [1.54, 1.807) is 11.3 Å². The van der Waals surface area contributed by atoms with Crippen LogP contribution in [-0.2, 0) is 9.53 Å². The highest BCUT2D eigenvalue weighted by Gasteiger charge is 2.44. The lowest BCUT2D eigenvalue weighted by Crippen LogP contribution is -2.35. The average molecular weight is 320 g/mol. The highest BCUT2D eigenvalue weighted by atomic mass is 32.1. The summed E-state index contributed by atoms with van der Waals surface area (Å²) in [6, 6.07) is 1.99. The standard InChI is InChI=1S/C16H20N2O3S/c1-20-16(19)12-8-11(12)9-18-5-2-10(3-6-18)14-15-13(21-17-14)4-7-22-15/h4,7,10-12H,2-3,5-6,8-9H2,1H3/t11?,12-/m0/s1. The Morgan fingerprint density at radius 3 is 3.09 bits per heavy atom. The van der Waals surface area contributed by atoms with Crippen molar-refractivity contribution in [1.82, 2.24) is 10.1 Å². The summed E-state index contributed by atoms with van der Waals surface area (Å²) < 4.78 is 11.4. The predicted molar refractivity (Wildman–Crippen MR) is 83.9 cm³/mol. The van der Waals surface area contributed by atoms with E-state index in [0.29, 0.717) is 11.8 Å². The fraction of sp³-hybridized carbons (Fsp3) is 0.625. The molecule has 1 saturated carbocycles. The van der Waals surface area contributed by atoms with Gasteiger partial charge in [0, 0.05) is 12.5 Å². The molecular weight excluding hydrogens is 300 g/mol. The molecule has 1 aliphatic heterocycles. The van der Waals surface area contributed by atoms with Crippen LogP contribution in [0.25, 0.3) is 10.3 Å². The average Bonchev–Trinajstić information content (AvgIpc) is 2.96. The van der Waals surface area contributed by atoms with Crippen molar-refractivity contribution in [1.29, 1.82) is 0 Å². The van der Waals surface area contributed by atoms with Crippen LogP contribution in [0.3, 0.4) is 0 Å². The highest BCUT2D eigenvalue weighted by Crippen LogP contribution is 2.41. The van der Waals surface area contributed by atoms with Gasteiger partial charge in [-0.2, -0.15) is 0 Å². The predicted octanol–water partition coefficient (Wildman–Crippen LogP) is 2.88. The molecule has 22 heavy (non-hydrogen) atoms. The number of thiophene rings is 1. The van der Waals surface area contributed by atoms with E-state index in [1.165, 1.54) is 11.8 Å². The molecule has 5 nitrogen and oxygen atoms in total. The first-order valence-corrected chi connectivity index (χ1v) is 8.77. The number of carbonyl (C=O) groups is 1. The SMILES string of the molecule is COC(=O)[C@H]1CC1CN1CCC(c2noc3ccsc23)CC1. The van der Waals surface area contributed by atoms with Crippen molar-refractivity contribution in [2.45, 2.75) is 25.2 Å². The number of likely N-dealkylation sites (tertiary alicyclic amines) is 1. The number of nitrogens with zero attached hydrogens (tertiary/aromatic N) is 2. The van der Waals surface area contributed by atoms with Crippen LogP contribution in [0, 0.1) is 11.8 Å².